The van der Waals surface area contributed by atoms with Gasteiger partial charge in [-0.25, -0.2) is 10.1 Å². The van der Waals surface area contributed by atoms with Crippen LogP contribution in [0.3, 0.4) is 0 Å². The highest BCUT2D eigenvalue weighted by atomic mass is 16.5. The summed E-state index contributed by atoms with van der Waals surface area (Å²) in [5.74, 6) is 1.66. The summed E-state index contributed by atoms with van der Waals surface area (Å²) in [6, 6.07) is 9.78. The van der Waals surface area contributed by atoms with Crippen LogP contribution in [0.2, 0.25) is 0 Å². The van der Waals surface area contributed by atoms with Gasteiger partial charge in [0.05, 0.1) is 18.9 Å². The SMILES string of the molecule is Cc1cc(Oc2ncccc2C2COC2)ccc1-c1c(C)n[nH]c(=O)c1C. The Hall–Kier alpha value is -2.99. The fourth-order valence-electron chi connectivity index (χ4n) is 3.36. The average molecular weight is 363 g/mol. The number of hydrogen-bond acceptors (Lipinski definition) is 5. The van der Waals surface area contributed by atoms with Crippen molar-refractivity contribution < 1.29 is 9.47 Å². The molecule has 3 aromatic rings. The molecule has 138 valence electrons. The van der Waals surface area contributed by atoms with Crippen molar-refractivity contribution in [3.8, 4) is 22.8 Å². The molecule has 0 atom stereocenters. The Morgan fingerprint density at radius 3 is 2.70 bits per heavy atom. The van der Waals surface area contributed by atoms with E-state index in [2.05, 4.69) is 15.2 Å². The second-order valence-corrected chi connectivity index (χ2v) is 6.85. The van der Waals surface area contributed by atoms with E-state index >= 15 is 0 Å². The third-order valence-corrected chi connectivity index (χ3v) is 4.96. The van der Waals surface area contributed by atoms with Crippen LogP contribution in [-0.2, 0) is 4.74 Å². The van der Waals surface area contributed by atoms with Crippen LogP contribution in [-0.4, -0.2) is 28.4 Å². The molecule has 1 N–H and O–H groups in total. The van der Waals surface area contributed by atoms with Crippen molar-refractivity contribution in [1.82, 2.24) is 15.2 Å². The van der Waals surface area contributed by atoms with E-state index in [1.807, 2.05) is 51.1 Å². The average Bonchev–Trinajstić information content (AvgIpc) is 2.60. The van der Waals surface area contributed by atoms with Gasteiger partial charge in [0.25, 0.3) is 5.56 Å². The fourth-order valence-corrected chi connectivity index (χ4v) is 3.36. The van der Waals surface area contributed by atoms with E-state index in [1.165, 1.54) is 0 Å². The zero-order valence-electron chi connectivity index (χ0n) is 15.6. The zero-order valence-corrected chi connectivity index (χ0v) is 15.6. The molecule has 1 aliphatic heterocycles. The van der Waals surface area contributed by atoms with Crippen LogP contribution >= 0.6 is 0 Å². The maximum Gasteiger partial charge on any atom is 0.267 e. The molecule has 0 bridgehead atoms. The minimum atomic E-state index is -0.170. The summed E-state index contributed by atoms with van der Waals surface area (Å²) in [6.07, 6.45) is 1.73. The molecule has 0 aliphatic carbocycles. The molecule has 0 saturated carbocycles. The van der Waals surface area contributed by atoms with Gasteiger partial charge < -0.3 is 9.47 Å². The molecule has 4 rings (SSSR count). The molecule has 0 amide bonds. The number of benzene rings is 1. The second kappa shape index (κ2) is 6.96. The normalized spacial score (nSPS) is 14.0. The first-order chi connectivity index (χ1) is 13.0. The summed E-state index contributed by atoms with van der Waals surface area (Å²) < 4.78 is 11.4. The molecular formula is C21H21N3O3. The van der Waals surface area contributed by atoms with E-state index in [0.717, 1.165) is 27.9 Å². The monoisotopic (exact) mass is 363 g/mol. The standard InChI is InChI=1S/C21H21N3O3/c1-12-9-16(27-21-18(5-4-8-22-21)15-10-26-11-15)6-7-17(12)19-13(2)20(25)24-23-14(19)3/h4-9,15H,10-11H2,1-3H3,(H,24,25). The predicted molar refractivity (Wildman–Crippen MR) is 102 cm³/mol. The van der Waals surface area contributed by atoms with E-state index in [4.69, 9.17) is 9.47 Å². The number of aromatic amines is 1. The van der Waals surface area contributed by atoms with E-state index in [-0.39, 0.29) is 5.56 Å². The first kappa shape index (κ1) is 17.4. The maximum atomic E-state index is 12.0. The number of H-pyrrole nitrogens is 1. The van der Waals surface area contributed by atoms with Gasteiger partial charge >= 0.3 is 0 Å². The summed E-state index contributed by atoms with van der Waals surface area (Å²) >= 11 is 0. The Morgan fingerprint density at radius 1 is 1.19 bits per heavy atom. The molecule has 2 aromatic heterocycles. The zero-order chi connectivity index (χ0) is 19.0. The van der Waals surface area contributed by atoms with Crippen LogP contribution < -0.4 is 10.3 Å². The van der Waals surface area contributed by atoms with Gasteiger partial charge in [-0.3, -0.25) is 4.79 Å². The number of rotatable bonds is 4. The topological polar surface area (TPSA) is 77.1 Å². The van der Waals surface area contributed by atoms with E-state index in [1.54, 1.807) is 6.20 Å². The highest BCUT2D eigenvalue weighted by molar-refractivity contribution is 5.72. The molecule has 27 heavy (non-hydrogen) atoms. The van der Waals surface area contributed by atoms with E-state index in [9.17, 15) is 4.79 Å². The molecule has 6 nitrogen and oxygen atoms in total. The lowest BCUT2D eigenvalue weighted by Gasteiger charge is -2.27. The smallest absolute Gasteiger partial charge is 0.267 e. The van der Waals surface area contributed by atoms with Gasteiger partial charge in [0, 0.05) is 28.8 Å². The van der Waals surface area contributed by atoms with Crippen molar-refractivity contribution in [2.75, 3.05) is 13.2 Å². The van der Waals surface area contributed by atoms with Gasteiger partial charge in [0.2, 0.25) is 5.88 Å². The number of ether oxygens (including phenoxy) is 2. The van der Waals surface area contributed by atoms with Crippen molar-refractivity contribution in [2.45, 2.75) is 26.7 Å². The van der Waals surface area contributed by atoms with Gasteiger partial charge in [-0.1, -0.05) is 12.1 Å². The lowest BCUT2D eigenvalue weighted by molar-refractivity contribution is 0.00747. The minimum Gasteiger partial charge on any atom is -0.439 e. The Balaban J connectivity index is 1.68. The number of aromatic nitrogens is 3. The van der Waals surface area contributed by atoms with Gasteiger partial charge in [-0.05, 0) is 50.1 Å². The largest absolute Gasteiger partial charge is 0.439 e. The van der Waals surface area contributed by atoms with Crippen LogP contribution in [0.25, 0.3) is 11.1 Å². The minimum absolute atomic E-state index is 0.170. The highest BCUT2D eigenvalue weighted by Crippen LogP contribution is 2.35. The molecule has 1 aromatic carbocycles. The first-order valence-corrected chi connectivity index (χ1v) is 8.92. The van der Waals surface area contributed by atoms with Gasteiger partial charge in [-0.15, -0.1) is 0 Å². The van der Waals surface area contributed by atoms with Gasteiger partial charge in [0.15, 0.2) is 0 Å². The van der Waals surface area contributed by atoms with Crippen LogP contribution in [0.1, 0.15) is 28.3 Å². The summed E-state index contributed by atoms with van der Waals surface area (Å²) in [6.45, 7) is 7.11. The molecule has 1 fully saturated rings. The van der Waals surface area contributed by atoms with Crippen LogP contribution in [0.4, 0.5) is 0 Å². The van der Waals surface area contributed by atoms with Crippen molar-refractivity contribution in [3.05, 3.63) is 69.3 Å². The summed E-state index contributed by atoms with van der Waals surface area (Å²) in [5, 5.41) is 6.62. The van der Waals surface area contributed by atoms with Gasteiger partial charge in [0.1, 0.15) is 5.75 Å². The fraction of sp³-hybridized carbons (Fsp3) is 0.286. The lowest BCUT2D eigenvalue weighted by atomic mass is 9.96. The Morgan fingerprint density at radius 2 is 2.00 bits per heavy atom. The van der Waals surface area contributed by atoms with Crippen LogP contribution in [0.5, 0.6) is 11.6 Å². The lowest BCUT2D eigenvalue weighted by Crippen LogP contribution is -2.25. The van der Waals surface area contributed by atoms with Crippen molar-refractivity contribution in [3.63, 3.8) is 0 Å². The molecule has 0 spiro atoms. The number of pyridine rings is 1. The first-order valence-electron chi connectivity index (χ1n) is 8.92. The van der Waals surface area contributed by atoms with Gasteiger partial charge in [-0.2, -0.15) is 5.10 Å². The van der Waals surface area contributed by atoms with E-state index in [0.29, 0.717) is 36.3 Å². The summed E-state index contributed by atoms with van der Waals surface area (Å²) in [5.41, 5.74) is 5.21. The third kappa shape index (κ3) is 3.24. The number of aryl methyl sites for hydroxylation is 2. The summed E-state index contributed by atoms with van der Waals surface area (Å²) in [4.78, 5) is 16.4. The number of nitrogens with zero attached hydrogens (tertiary/aromatic N) is 2. The molecule has 1 aliphatic rings. The Labute approximate surface area is 157 Å². The Kier molecular flexibility index (Phi) is 4.49. The van der Waals surface area contributed by atoms with Crippen molar-refractivity contribution >= 4 is 0 Å². The van der Waals surface area contributed by atoms with E-state index < -0.39 is 0 Å². The van der Waals surface area contributed by atoms with Crippen molar-refractivity contribution in [1.29, 1.82) is 0 Å². The van der Waals surface area contributed by atoms with Crippen LogP contribution in [0.15, 0.2) is 41.3 Å². The third-order valence-electron chi connectivity index (χ3n) is 4.96. The second-order valence-electron chi connectivity index (χ2n) is 6.85. The van der Waals surface area contributed by atoms with Crippen LogP contribution in [0, 0.1) is 20.8 Å². The molecule has 1 saturated heterocycles. The summed E-state index contributed by atoms with van der Waals surface area (Å²) in [7, 11) is 0. The number of hydrogen-bond donors (Lipinski definition) is 1. The molecule has 0 radical (unpaired) electrons. The van der Waals surface area contributed by atoms with Crippen molar-refractivity contribution in [2.24, 2.45) is 0 Å². The predicted octanol–water partition coefficient (Wildman–Crippen LogP) is 3.66. The Bertz CT molecular complexity index is 1050. The molecule has 3 heterocycles. The molecule has 6 heteroatoms. The maximum absolute atomic E-state index is 12.0. The highest BCUT2D eigenvalue weighted by Gasteiger charge is 2.25. The molecular weight excluding hydrogens is 342 g/mol. The molecule has 0 unspecified atom stereocenters. The number of nitrogens with one attached hydrogen (secondary N) is 1. The quantitative estimate of drug-likeness (QED) is 0.765.